The molecule has 3 atom stereocenters. The molecule has 0 bridgehead atoms. The van der Waals surface area contributed by atoms with Gasteiger partial charge in [0.1, 0.15) is 6.23 Å². The van der Waals surface area contributed by atoms with Crippen LogP contribution < -0.4 is 5.32 Å². The first-order valence-corrected chi connectivity index (χ1v) is 6.37. The third-order valence-electron chi connectivity index (χ3n) is 3.87. The number of nitro benzene ring substituents is 1. The van der Waals surface area contributed by atoms with Crippen molar-refractivity contribution in [1.29, 1.82) is 0 Å². The Morgan fingerprint density at radius 2 is 2.06 bits per heavy atom. The van der Waals surface area contributed by atoms with Crippen molar-refractivity contribution in [2.24, 2.45) is 5.92 Å². The Bertz CT molecular complexity index is 446. The van der Waals surface area contributed by atoms with Crippen LogP contribution in [0.5, 0.6) is 0 Å². The predicted molar refractivity (Wildman–Crippen MR) is 66.1 cm³/mol. The summed E-state index contributed by atoms with van der Waals surface area (Å²) in [5.74, 6) is 0.638. The van der Waals surface area contributed by atoms with Crippen LogP contribution in [0.2, 0.25) is 0 Å². The fourth-order valence-corrected chi connectivity index (χ4v) is 2.86. The predicted octanol–water partition coefficient (Wildman–Crippen LogP) is 2.38. The topological polar surface area (TPSA) is 64.4 Å². The quantitative estimate of drug-likeness (QED) is 0.644. The van der Waals surface area contributed by atoms with Gasteiger partial charge in [-0.1, -0.05) is 6.42 Å². The molecule has 3 rings (SSSR count). The van der Waals surface area contributed by atoms with Gasteiger partial charge in [0.2, 0.25) is 0 Å². The molecular weight excluding hydrogens is 232 g/mol. The highest BCUT2D eigenvalue weighted by molar-refractivity contribution is 5.33. The van der Waals surface area contributed by atoms with Gasteiger partial charge in [-0.05, 0) is 36.5 Å². The van der Waals surface area contributed by atoms with Crippen molar-refractivity contribution in [1.82, 2.24) is 5.32 Å². The van der Waals surface area contributed by atoms with Gasteiger partial charge >= 0.3 is 0 Å². The molecule has 1 aliphatic heterocycles. The summed E-state index contributed by atoms with van der Waals surface area (Å²) in [6.07, 6.45) is 3.85. The molecule has 2 fully saturated rings. The molecule has 0 amide bonds. The third kappa shape index (κ3) is 2.11. The van der Waals surface area contributed by atoms with E-state index in [2.05, 4.69) is 5.32 Å². The lowest BCUT2D eigenvalue weighted by Crippen LogP contribution is -2.41. The van der Waals surface area contributed by atoms with Gasteiger partial charge < -0.3 is 4.74 Å². The minimum atomic E-state index is -0.383. The molecule has 96 valence electrons. The van der Waals surface area contributed by atoms with Crippen molar-refractivity contribution in [3.63, 3.8) is 0 Å². The molecule has 1 saturated heterocycles. The smallest absolute Gasteiger partial charge is 0.269 e. The molecule has 18 heavy (non-hydrogen) atoms. The molecule has 5 nitrogen and oxygen atoms in total. The number of hydrogen-bond acceptors (Lipinski definition) is 4. The number of nitro groups is 1. The minimum Gasteiger partial charge on any atom is -0.356 e. The van der Waals surface area contributed by atoms with Crippen molar-refractivity contribution >= 4 is 5.69 Å². The van der Waals surface area contributed by atoms with E-state index in [0.717, 1.165) is 18.5 Å². The van der Waals surface area contributed by atoms with E-state index in [-0.39, 0.29) is 16.8 Å². The Morgan fingerprint density at radius 1 is 1.28 bits per heavy atom. The largest absolute Gasteiger partial charge is 0.356 e. The normalized spacial score (nSPS) is 31.0. The van der Waals surface area contributed by atoms with Gasteiger partial charge in [-0.15, -0.1) is 0 Å². The number of nitrogens with one attached hydrogen (secondary N) is 1. The minimum absolute atomic E-state index is 0.119. The molecule has 2 aliphatic rings. The maximum atomic E-state index is 10.6. The molecule has 1 aromatic rings. The number of nitrogens with zero attached hydrogens (tertiary/aromatic N) is 1. The maximum Gasteiger partial charge on any atom is 0.269 e. The van der Waals surface area contributed by atoms with Crippen LogP contribution in [-0.2, 0) is 4.74 Å². The zero-order valence-corrected chi connectivity index (χ0v) is 10.0. The molecule has 1 N–H and O–H groups in total. The molecule has 0 spiro atoms. The van der Waals surface area contributed by atoms with E-state index >= 15 is 0 Å². The maximum absolute atomic E-state index is 10.6. The van der Waals surface area contributed by atoms with Crippen LogP contribution in [0.3, 0.4) is 0 Å². The van der Waals surface area contributed by atoms with Crippen LogP contribution in [0, 0.1) is 16.0 Å². The van der Waals surface area contributed by atoms with E-state index in [4.69, 9.17) is 4.74 Å². The van der Waals surface area contributed by atoms with Crippen LogP contribution in [0.15, 0.2) is 24.3 Å². The first-order valence-electron chi connectivity index (χ1n) is 6.37. The summed E-state index contributed by atoms with van der Waals surface area (Å²) in [6.45, 7) is 0.978. The first-order chi connectivity index (χ1) is 8.74. The van der Waals surface area contributed by atoms with Crippen molar-refractivity contribution in [2.45, 2.75) is 31.6 Å². The van der Waals surface area contributed by atoms with E-state index in [1.807, 2.05) is 0 Å². The number of fused-ring (bicyclic) bond motifs is 1. The van der Waals surface area contributed by atoms with Gasteiger partial charge in [0.15, 0.2) is 0 Å². The molecule has 1 heterocycles. The van der Waals surface area contributed by atoms with Crippen LogP contribution >= 0.6 is 0 Å². The van der Waals surface area contributed by atoms with Gasteiger partial charge in [-0.2, -0.15) is 0 Å². The number of rotatable bonds is 2. The molecule has 1 aliphatic carbocycles. The Labute approximate surface area is 105 Å². The van der Waals surface area contributed by atoms with Crippen LogP contribution in [-0.4, -0.2) is 17.6 Å². The van der Waals surface area contributed by atoms with E-state index in [0.29, 0.717) is 12.0 Å². The zero-order chi connectivity index (χ0) is 12.5. The van der Waals surface area contributed by atoms with E-state index in [1.54, 1.807) is 12.1 Å². The molecule has 5 heteroatoms. The van der Waals surface area contributed by atoms with E-state index in [1.165, 1.54) is 25.0 Å². The summed E-state index contributed by atoms with van der Waals surface area (Å²) in [6, 6.07) is 6.60. The number of benzene rings is 1. The van der Waals surface area contributed by atoms with Crippen molar-refractivity contribution in [3.8, 4) is 0 Å². The average Bonchev–Trinajstić information content (AvgIpc) is 2.86. The average molecular weight is 248 g/mol. The standard InChI is InChI=1S/C13H16N2O3/c16-15(17)11-6-4-9(5-7-11)13-14-8-10-2-1-3-12(10)18-13/h4-7,10,12-14H,1-3,8H2. The van der Waals surface area contributed by atoms with Crippen LogP contribution in [0.1, 0.15) is 31.1 Å². The molecule has 3 unspecified atom stereocenters. The Hall–Kier alpha value is -1.46. The van der Waals surface area contributed by atoms with Gasteiger partial charge in [-0.3, -0.25) is 15.4 Å². The summed E-state index contributed by atoms with van der Waals surface area (Å²) in [5.41, 5.74) is 1.08. The zero-order valence-electron chi connectivity index (χ0n) is 10.0. The second-order valence-electron chi connectivity index (χ2n) is 5.00. The SMILES string of the molecule is O=[N+]([O-])c1ccc(C2NCC3CCCC3O2)cc1. The lowest BCUT2D eigenvalue weighted by molar-refractivity contribution is -0.384. The van der Waals surface area contributed by atoms with Crippen molar-refractivity contribution in [2.75, 3.05) is 6.54 Å². The van der Waals surface area contributed by atoms with E-state index < -0.39 is 0 Å². The highest BCUT2D eigenvalue weighted by Gasteiger charge is 2.34. The van der Waals surface area contributed by atoms with E-state index in [9.17, 15) is 10.1 Å². The van der Waals surface area contributed by atoms with Gasteiger partial charge in [0.05, 0.1) is 11.0 Å². The first kappa shape index (κ1) is 11.6. The molecule has 0 radical (unpaired) electrons. The van der Waals surface area contributed by atoms with Crippen LogP contribution in [0.4, 0.5) is 5.69 Å². The Balaban J connectivity index is 1.73. The lowest BCUT2D eigenvalue weighted by atomic mass is 10.0. The monoisotopic (exact) mass is 248 g/mol. The highest BCUT2D eigenvalue weighted by atomic mass is 16.6. The van der Waals surface area contributed by atoms with Crippen molar-refractivity contribution < 1.29 is 9.66 Å². The summed E-state index contributed by atoms with van der Waals surface area (Å²) >= 11 is 0. The summed E-state index contributed by atoms with van der Waals surface area (Å²) in [4.78, 5) is 10.2. The van der Waals surface area contributed by atoms with Gasteiger partial charge in [0.25, 0.3) is 5.69 Å². The van der Waals surface area contributed by atoms with Crippen LogP contribution in [0.25, 0.3) is 0 Å². The number of non-ortho nitro benzene ring substituents is 1. The molecular formula is C13H16N2O3. The summed E-state index contributed by atoms with van der Waals surface area (Å²) < 4.78 is 6.02. The van der Waals surface area contributed by atoms with Gasteiger partial charge in [-0.25, -0.2) is 0 Å². The summed E-state index contributed by atoms with van der Waals surface area (Å²) in [5, 5.41) is 14.0. The second kappa shape index (κ2) is 4.66. The number of hydrogen-bond donors (Lipinski definition) is 1. The van der Waals surface area contributed by atoms with Gasteiger partial charge in [0, 0.05) is 18.7 Å². The lowest BCUT2D eigenvalue weighted by Gasteiger charge is -2.33. The molecule has 0 aromatic heterocycles. The Morgan fingerprint density at radius 3 is 2.78 bits per heavy atom. The highest BCUT2D eigenvalue weighted by Crippen LogP contribution is 2.35. The van der Waals surface area contributed by atoms with Crippen molar-refractivity contribution in [3.05, 3.63) is 39.9 Å². The fourth-order valence-electron chi connectivity index (χ4n) is 2.86. The second-order valence-corrected chi connectivity index (χ2v) is 5.00. The Kier molecular flexibility index (Phi) is 3.01. The molecule has 1 saturated carbocycles. The summed E-state index contributed by atoms with van der Waals surface area (Å²) in [7, 11) is 0. The molecule has 1 aromatic carbocycles. The number of ether oxygens (including phenoxy) is 1. The fraction of sp³-hybridized carbons (Fsp3) is 0.538. The third-order valence-corrected chi connectivity index (χ3v) is 3.87.